The molecule has 1 aromatic heterocycles. The third kappa shape index (κ3) is 3.67. The molecule has 2 aromatic carbocycles. The van der Waals surface area contributed by atoms with Crippen molar-refractivity contribution < 1.29 is 9.84 Å². The maximum atomic E-state index is 10.2. The van der Waals surface area contributed by atoms with Crippen molar-refractivity contribution in [3.8, 4) is 22.8 Å². The molecule has 3 aromatic rings. The number of aromatic nitrogens is 1. The van der Waals surface area contributed by atoms with E-state index < -0.39 is 0 Å². The van der Waals surface area contributed by atoms with Gasteiger partial charge in [0.05, 0.1) is 19.0 Å². The number of rotatable bonds is 4. The van der Waals surface area contributed by atoms with E-state index in [4.69, 9.17) is 4.74 Å². The number of methoxy groups -OCH3 is 1. The molecular formula is C18H16BrN3O2S. The summed E-state index contributed by atoms with van der Waals surface area (Å²) in [4.78, 5) is 5.03. The Morgan fingerprint density at radius 2 is 1.96 bits per heavy atom. The number of phenolic OH excluding ortho intramolecular Hbond substituents is 1. The van der Waals surface area contributed by atoms with E-state index in [1.807, 2.05) is 29.6 Å². The Morgan fingerprint density at radius 3 is 2.64 bits per heavy atom. The number of nitrogens with zero attached hydrogens (tertiary/aromatic N) is 3. The molecule has 0 saturated carbocycles. The molecule has 7 heteroatoms. The topological polar surface area (TPSA) is 59.1 Å². The molecule has 25 heavy (non-hydrogen) atoms. The van der Waals surface area contributed by atoms with Crippen molar-refractivity contribution >= 4 is 33.5 Å². The summed E-state index contributed by atoms with van der Waals surface area (Å²) < 4.78 is 7.91. The molecule has 5 nitrogen and oxygen atoms in total. The van der Waals surface area contributed by atoms with Crippen LogP contribution in [0.25, 0.3) is 11.3 Å². The maximum absolute atomic E-state index is 10.2. The van der Waals surface area contributed by atoms with Crippen molar-refractivity contribution in [3.05, 3.63) is 62.7 Å². The number of hydrogen-bond donors (Lipinski definition) is 1. The van der Waals surface area contributed by atoms with Crippen LogP contribution in [0.5, 0.6) is 11.5 Å². The highest BCUT2D eigenvalue weighted by atomic mass is 79.9. The van der Waals surface area contributed by atoms with Gasteiger partial charge in [-0.25, -0.2) is 4.68 Å². The largest absolute Gasteiger partial charge is 0.504 e. The molecular weight excluding hydrogens is 402 g/mol. The van der Waals surface area contributed by atoms with Crippen molar-refractivity contribution in [1.29, 1.82) is 0 Å². The molecule has 0 spiro atoms. The van der Waals surface area contributed by atoms with Crippen LogP contribution >= 0.6 is 27.3 Å². The molecule has 0 fully saturated rings. The first kappa shape index (κ1) is 17.4. The minimum atomic E-state index is 0.0600. The second kappa shape index (κ2) is 7.67. The van der Waals surface area contributed by atoms with E-state index in [1.165, 1.54) is 18.4 Å². The van der Waals surface area contributed by atoms with Crippen molar-refractivity contribution in [2.75, 3.05) is 14.2 Å². The molecule has 0 bridgehead atoms. The van der Waals surface area contributed by atoms with Gasteiger partial charge in [-0.05, 0) is 24.3 Å². The lowest BCUT2D eigenvalue weighted by molar-refractivity contribution is 0.373. The molecule has 0 aliphatic heterocycles. The van der Waals surface area contributed by atoms with E-state index in [-0.39, 0.29) is 5.75 Å². The standard InChI is InChI=1S/C18H16BrN3O2S/c1-20-18-22(15(11-25-18)12-6-8-14(19)9-7-12)21-10-13-4-3-5-16(24-2)17(13)23/h3-11,23H,1-2H3. The van der Waals surface area contributed by atoms with Crippen LogP contribution < -0.4 is 9.54 Å². The van der Waals surface area contributed by atoms with Crippen molar-refractivity contribution in [3.63, 3.8) is 0 Å². The summed E-state index contributed by atoms with van der Waals surface area (Å²) in [5, 5.41) is 16.7. The molecule has 128 valence electrons. The van der Waals surface area contributed by atoms with Crippen LogP contribution in [-0.2, 0) is 0 Å². The van der Waals surface area contributed by atoms with Gasteiger partial charge in [0.25, 0.3) is 0 Å². The number of benzene rings is 2. The Kier molecular flexibility index (Phi) is 5.35. The monoisotopic (exact) mass is 417 g/mol. The van der Waals surface area contributed by atoms with Gasteiger partial charge in [0.15, 0.2) is 11.5 Å². The lowest BCUT2D eigenvalue weighted by Crippen LogP contribution is -2.11. The van der Waals surface area contributed by atoms with Gasteiger partial charge in [-0.3, -0.25) is 4.99 Å². The zero-order valence-electron chi connectivity index (χ0n) is 13.7. The third-order valence-electron chi connectivity index (χ3n) is 3.58. The summed E-state index contributed by atoms with van der Waals surface area (Å²) in [5.74, 6) is 0.470. The van der Waals surface area contributed by atoms with Gasteiger partial charge in [-0.1, -0.05) is 34.1 Å². The number of phenols is 1. The van der Waals surface area contributed by atoms with Gasteiger partial charge >= 0.3 is 0 Å². The summed E-state index contributed by atoms with van der Waals surface area (Å²) in [5.41, 5.74) is 2.53. The molecule has 0 aliphatic carbocycles. The Hall–Kier alpha value is -2.38. The highest BCUT2D eigenvalue weighted by Crippen LogP contribution is 2.28. The molecule has 0 unspecified atom stereocenters. The van der Waals surface area contributed by atoms with Crippen LogP contribution in [0.2, 0.25) is 0 Å². The highest BCUT2D eigenvalue weighted by molar-refractivity contribution is 9.10. The third-order valence-corrected chi connectivity index (χ3v) is 5.02. The van der Waals surface area contributed by atoms with Crippen LogP contribution in [0, 0.1) is 0 Å². The average Bonchev–Trinajstić information content (AvgIpc) is 3.04. The predicted octanol–water partition coefficient (Wildman–Crippen LogP) is 4.11. The van der Waals surface area contributed by atoms with Gasteiger partial charge < -0.3 is 9.84 Å². The van der Waals surface area contributed by atoms with E-state index in [0.717, 1.165) is 20.5 Å². The number of ether oxygens (including phenoxy) is 1. The van der Waals surface area contributed by atoms with Gasteiger partial charge in [0.1, 0.15) is 0 Å². The van der Waals surface area contributed by atoms with Crippen molar-refractivity contribution in [2.24, 2.45) is 10.1 Å². The highest BCUT2D eigenvalue weighted by Gasteiger charge is 2.08. The summed E-state index contributed by atoms with van der Waals surface area (Å²) in [7, 11) is 3.25. The molecule has 3 rings (SSSR count). The number of aromatic hydroxyl groups is 1. The fourth-order valence-corrected chi connectivity index (χ4v) is 3.38. The lowest BCUT2D eigenvalue weighted by Gasteiger charge is -2.06. The predicted molar refractivity (Wildman–Crippen MR) is 105 cm³/mol. The molecule has 1 heterocycles. The Balaban J connectivity index is 2.06. The van der Waals surface area contributed by atoms with E-state index in [0.29, 0.717) is 11.3 Å². The summed E-state index contributed by atoms with van der Waals surface area (Å²) >= 11 is 4.95. The van der Waals surface area contributed by atoms with Crippen LogP contribution in [-0.4, -0.2) is 30.2 Å². The molecule has 0 radical (unpaired) electrons. The van der Waals surface area contributed by atoms with Gasteiger partial charge in [-0.2, -0.15) is 5.10 Å². The molecule has 1 N–H and O–H groups in total. The zero-order chi connectivity index (χ0) is 17.8. The first-order chi connectivity index (χ1) is 12.1. The fraction of sp³-hybridized carbons (Fsp3) is 0.111. The number of para-hydroxylation sites is 1. The quantitative estimate of drug-likeness (QED) is 0.649. The van der Waals surface area contributed by atoms with Crippen LogP contribution in [0.4, 0.5) is 0 Å². The van der Waals surface area contributed by atoms with Crippen LogP contribution in [0.3, 0.4) is 0 Å². The normalized spacial score (nSPS) is 12.0. The minimum Gasteiger partial charge on any atom is -0.504 e. The summed E-state index contributed by atoms with van der Waals surface area (Å²) in [6.45, 7) is 0. The van der Waals surface area contributed by atoms with E-state index in [2.05, 4.69) is 26.0 Å². The second-order valence-corrected chi connectivity index (χ2v) is 6.84. The minimum absolute atomic E-state index is 0.0600. The van der Waals surface area contributed by atoms with Gasteiger partial charge in [0, 0.05) is 28.0 Å². The molecule has 0 saturated heterocycles. The van der Waals surface area contributed by atoms with E-state index >= 15 is 0 Å². The second-order valence-electron chi connectivity index (χ2n) is 5.09. The lowest BCUT2D eigenvalue weighted by atomic mass is 10.2. The molecule has 0 amide bonds. The Bertz CT molecular complexity index is 975. The van der Waals surface area contributed by atoms with Gasteiger partial charge in [-0.15, -0.1) is 11.3 Å². The van der Waals surface area contributed by atoms with Gasteiger partial charge in [0.2, 0.25) is 4.80 Å². The average molecular weight is 418 g/mol. The number of thiazole rings is 1. The first-order valence-electron chi connectivity index (χ1n) is 7.43. The Labute approximate surface area is 157 Å². The maximum Gasteiger partial charge on any atom is 0.205 e. The summed E-state index contributed by atoms with van der Waals surface area (Å²) in [6.07, 6.45) is 1.60. The number of halogens is 1. The molecule has 0 aliphatic rings. The van der Waals surface area contributed by atoms with E-state index in [1.54, 1.807) is 36.1 Å². The van der Waals surface area contributed by atoms with Crippen molar-refractivity contribution in [2.45, 2.75) is 0 Å². The van der Waals surface area contributed by atoms with Crippen LogP contribution in [0.1, 0.15) is 5.56 Å². The Morgan fingerprint density at radius 1 is 1.20 bits per heavy atom. The van der Waals surface area contributed by atoms with Crippen molar-refractivity contribution in [1.82, 2.24) is 4.68 Å². The van der Waals surface area contributed by atoms with E-state index in [9.17, 15) is 5.11 Å². The first-order valence-corrected chi connectivity index (χ1v) is 9.11. The number of hydrogen-bond acceptors (Lipinski definition) is 5. The van der Waals surface area contributed by atoms with Crippen LogP contribution in [0.15, 0.2) is 62.4 Å². The zero-order valence-corrected chi connectivity index (χ0v) is 16.1. The SMILES string of the molecule is CN=c1scc(-c2ccc(Br)cc2)n1N=Cc1cccc(OC)c1O. The molecule has 0 atom stereocenters. The smallest absolute Gasteiger partial charge is 0.205 e. The fourth-order valence-electron chi connectivity index (χ4n) is 2.31. The summed E-state index contributed by atoms with van der Waals surface area (Å²) in [6, 6.07) is 13.3.